The van der Waals surface area contributed by atoms with Crippen LogP contribution in [0.4, 0.5) is 0 Å². The lowest BCUT2D eigenvalue weighted by Crippen LogP contribution is -2.45. The van der Waals surface area contributed by atoms with E-state index in [1.165, 1.54) is 5.57 Å². The van der Waals surface area contributed by atoms with Crippen molar-refractivity contribution in [2.75, 3.05) is 0 Å². The Morgan fingerprint density at radius 2 is 2.00 bits per heavy atom. The molecular formula is C18H22O2. The molecule has 0 aromatic heterocycles. The van der Waals surface area contributed by atoms with Crippen LogP contribution in [0.2, 0.25) is 0 Å². The third-order valence-electron chi connectivity index (χ3n) is 6.58. The first-order chi connectivity index (χ1) is 9.59. The van der Waals surface area contributed by atoms with Crippen LogP contribution in [-0.4, -0.2) is 11.6 Å². The summed E-state index contributed by atoms with van der Waals surface area (Å²) in [4.78, 5) is 23.9. The molecule has 4 unspecified atom stereocenters. The molecule has 2 nitrogen and oxygen atoms in total. The van der Waals surface area contributed by atoms with Gasteiger partial charge in [0, 0.05) is 18.3 Å². The summed E-state index contributed by atoms with van der Waals surface area (Å²) in [5, 5.41) is 0. The topological polar surface area (TPSA) is 34.1 Å². The van der Waals surface area contributed by atoms with Gasteiger partial charge in [-0.1, -0.05) is 19.1 Å². The van der Waals surface area contributed by atoms with Crippen molar-refractivity contribution in [3.63, 3.8) is 0 Å². The van der Waals surface area contributed by atoms with Gasteiger partial charge in [-0.15, -0.1) is 0 Å². The molecule has 0 aromatic rings. The van der Waals surface area contributed by atoms with Crippen LogP contribution in [0, 0.1) is 29.1 Å². The van der Waals surface area contributed by atoms with Gasteiger partial charge in [-0.2, -0.15) is 0 Å². The first kappa shape index (κ1) is 12.6. The second-order valence-electron chi connectivity index (χ2n) is 7.38. The molecule has 0 bridgehead atoms. The maximum atomic E-state index is 12.3. The van der Waals surface area contributed by atoms with Crippen LogP contribution >= 0.6 is 0 Å². The minimum absolute atomic E-state index is 0.0583. The van der Waals surface area contributed by atoms with E-state index in [0.717, 1.165) is 32.1 Å². The van der Waals surface area contributed by atoms with Crippen LogP contribution in [-0.2, 0) is 9.59 Å². The summed E-state index contributed by atoms with van der Waals surface area (Å²) in [5.74, 6) is 3.14. The summed E-state index contributed by atoms with van der Waals surface area (Å²) in [7, 11) is 0. The summed E-state index contributed by atoms with van der Waals surface area (Å²) in [5.41, 5.74) is 1.20. The van der Waals surface area contributed by atoms with E-state index in [4.69, 9.17) is 0 Å². The zero-order chi connectivity index (χ0) is 13.9. The van der Waals surface area contributed by atoms with Crippen molar-refractivity contribution in [3.05, 3.63) is 23.8 Å². The minimum Gasteiger partial charge on any atom is -0.299 e. The number of rotatable bonds is 0. The molecule has 2 fully saturated rings. The largest absolute Gasteiger partial charge is 0.299 e. The zero-order valence-corrected chi connectivity index (χ0v) is 12.1. The van der Waals surface area contributed by atoms with E-state index in [1.807, 2.05) is 6.08 Å². The molecule has 0 aromatic carbocycles. The molecule has 0 aliphatic heterocycles. The molecule has 20 heavy (non-hydrogen) atoms. The standard InChI is InChI=1S/C18H22O2/c1-18-9-8-14-13-5-3-12(19)10-11(13)2-4-15(14)16(18)6-7-17(18)20/h2,4,10,13-16H,3,5-9H2,1H3/t13?,14?,15?,16?,18-/m0/s1. The lowest BCUT2D eigenvalue weighted by molar-refractivity contribution is -0.129. The molecule has 4 rings (SSSR count). The molecule has 0 radical (unpaired) electrons. The second-order valence-corrected chi connectivity index (χ2v) is 7.38. The van der Waals surface area contributed by atoms with Gasteiger partial charge >= 0.3 is 0 Å². The van der Waals surface area contributed by atoms with Crippen molar-refractivity contribution < 1.29 is 9.59 Å². The molecule has 2 saturated carbocycles. The van der Waals surface area contributed by atoms with E-state index in [2.05, 4.69) is 19.1 Å². The lowest BCUT2D eigenvalue weighted by Gasteiger charge is -2.49. The Hall–Kier alpha value is -1.18. The predicted octanol–water partition coefficient (Wildman–Crippen LogP) is 3.47. The molecule has 2 heteroatoms. The summed E-state index contributed by atoms with van der Waals surface area (Å²) in [6, 6.07) is 0. The molecule has 0 spiro atoms. The van der Waals surface area contributed by atoms with Crippen LogP contribution in [0.3, 0.4) is 0 Å². The molecule has 4 aliphatic carbocycles. The maximum Gasteiger partial charge on any atom is 0.155 e. The maximum absolute atomic E-state index is 12.3. The third kappa shape index (κ3) is 1.57. The quantitative estimate of drug-likeness (QED) is 0.675. The van der Waals surface area contributed by atoms with Gasteiger partial charge in [0.25, 0.3) is 0 Å². The Bertz CT molecular complexity index is 542. The van der Waals surface area contributed by atoms with Gasteiger partial charge in [0.15, 0.2) is 5.78 Å². The first-order valence-corrected chi connectivity index (χ1v) is 8.05. The highest BCUT2D eigenvalue weighted by molar-refractivity contribution is 5.92. The smallest absolute Gasteiger partial charge is 0.155 e. The Labute approximate surface area is 120 Å². The van der Waals surface area contributed by atoms with E-state index < -0.39 is 0 Å². The van der Waals surface area contributed by atoms with Crippen LogP contribution < -0.4 is 0 Å². The van der Waals surface area contributed by atoms with Crippen molar-refractivity contribution in [3.8, 4) is 0 Å². The van der Waals surface area contributed by atoms with Gasteiger partial charge in [0.1, 0.15) is 5.78 Å². The molecule has 0 saturated heterocycles. The summed E-state index contributed by atoms with van der Waals surface area (Å²) in [6.07, 6.45) is 12.2. The van der Waals surface area contributed by atoms with Gasteiger partial charge in [-0.3, -0.25) is 9.59 Å². The van der Waals surface area contributed by atoms with Crippen LogP contribution in [0.15, 0.2) is 23.8 Å². The van der Waals surface area contributed by atoms with Gasteiger partial charge in [0.05, 0.1) is 0 Å². The van der Waals surface area contributed by atoms with E-state index in [9.17, 15) is 9.59 Å². The highest BCUT2D eigenvalue weighted by Crippen LogP contribution is 2.58. The number of carbonyl (C=O) groups is 2. The van der Waals surface area contributed by atoms with Gasteiger partial charge in [-0.05, 0) is 61.0 Å². The third-order valence-corrected chi connectivity index (χ3v) is 6.58. The average Bonchev–Trinajstić information content (AvgIpc) is 2.74. The molecule has 106 valence electrons. The Kier molecular flexibility index (Phi) is 2.61. The molecule has 0 amide bonds. The average molecular weight is 270 g/mol. The molecular weight excluding hydrogens is 248 g/mol. The summed E-state index contributed by atoms with van der Waals surface area (Å²) < 4.78 is 0. The van der Waals surface area contributed by atoms with Crippen molar-refractivity contribution >= 4 is 11.6 Å². The Morgan fingerprint density at radius 1 is 1.15 bits per heavy atom. The summed E-state index contributed by atoms with van der Waals surface area (Å²) >= 11 is 0. The number of fused-ring (bicyclic) bond motifs is 5. The molecule has 0 N–H and O–H groups in total. The Morgan fingerprint density at radius 3 is 2.85 bits per heavy atom. The number of hydrogen-bond donors (Lipinski definition) is 0. The summed E-state index contributed by atoms with van der Waals surface area (Å²) in [6.45, 7) is 2.20. The Balaban J connectivity index is 1.71. The number of hydrogen-bond acceptors (Lipinski definition) is 2. The van der Waals surface area contributed by atoms with Crippen LogP contribution in [0.5, 0.6) is 0 Å². The van der Waals surface area contributed by atoms with E-state index in [1.54, 1.807) is 0 Å². The van der Waals surface area contributed by atoms with Gasteiger partial charge in [0.2, 0.25) is 0 Å². The van der Waals surface area contributed by atoms with Crippen molar-refractivity contribution in [2.24, 2.45) is 29.1 Å². The van der Waals surface area contributed by atoms with Gasteiger partial charge < -0.3 is 0 Å². The van der Waals surface area contributed by atoms with E-state index >= 15 is 0 Å². The van der Waals surface area contributed by atoms with Crippen LogP contribution in [0.25, 0.3) is 0 Å². The predicted molar refractivity (Wildman–Crippen MR) is 77.0 cm³/mol. The minimum atomic E-state index is -0.0583. The molecule has 4 aliphatic rings. The molecule has 0 heterocycles. The fourth-order valence-electron chi connectivity index (χ4n) is 5.43. The second kappa shape index (κ2) is 4.16. The van der Waals surface area contributed by atoms with E-state index in [0.29, 0.717) is 35.9 Å². The first-order valence-electron chi connectivity index (χ1n) is 8.05. The highest BCUT2D eigenvalue weighted by atomic mass is 16.1. The van der Waals surface area contributed by atoms with Gasteiger partial charge in [-0.25, -0.2) is 0 Å². The fourth-order valence-corrected chi connectivity index (χ4v) is 5.43. The normalized spacial score (nSPS) is 46.5. The van der Waals surface area contributed by atoms with Crippen molar-refractivity contribution in [1.29, 1.82) is 0 Å². The SMILES string of the molecule is C[C@]12CCC3C4CCC(=O)C=C4C=CC3C1CCC2=O. The van der Waals surface area contributed by atoms with Crippen molar-refractivity contribution in [1.82, 2.24) is 0 Å². The highest BCUT2D eigenvalue weighted by Gasteiger charge is 2.55. The molecule has 5 atom stereocenters. The van der Waals surface area contributed by atoms with Crippen molar-refractivity contribution in [2.45, 2.75) is 45.4 Å². The number of ketones is 2. The zero-order valence-electron chi connectivity index (χ0n) is 12.1. The van der Waals surface area contributed by atoms with Crippen LogP contribution in [0.1, 0.15) is 45.4 Å². The van der Waals surface area contributed by atoms with E-state index in [-0.39, 0.29) is 11.2 Å². The monoisotopic (exact) mass is 270 g/mol. The number of Topliss-reactive ketones (excluding diaryl/α,β-unsaturated/α-hetero) is 1. The number of allylic oxidation sites excluding steroid dienone is 4. The lowest BCUT2D eigenvalue weighted by atomic mass is 9.54. The fraction of sp³-hybridized carbons (Fsp3) is 0.667. The number of carbonyl (C=O) groups excluding carboxylic acids is 2.